The zero-order chi connectivity index (χ0) is 14.8. The maximum absolute atomic E-state index is 6.09. The molecule has 3 nitrogen and oxygen atoms in total. The van der Waals surface area contributed by atoms with E-state index in [1.165, 1.54) is 5.56 Å². The van der Waals surface area contributed by atoms with Gasteiger partial charge in [0.05, 0.1) is 24.0 Å². The van der Waals surface area contributed by atoms with Gasteiger partial charge in [0.25, 0.3) is 0 Å². The average molecular weight is 321 g/mol. The molecule has 0 N–H and O–H groups in total. The van der Waals surface area contributed by atoms with E-state index in [-0.39, 0.29) is 0 Å². The highest BCUT2D eigenvalue weighted by molar-refractivity contribution is 7.07. The van der Waals surface area contributed by atoms with Gasteiger partial charge in [-0.15, -0.1) is 11.6 Å². The number of imidazole rings is 1. The van der Waals surface area contributed by atoms with Crippen molar-refractivity contribution in [2.24, 2.45) is 0 Å². The number of alkyl halides is 1. The van der Waals surface area contributed by atoms with Crippen molar-refractivity contribution < 1.29 is 4.74 Å². The van der Waals surface area contributed by atoms with E-state index in [0.717, 1.165) is 29.0 Å². The molecule has 1 aromatic carbocycles. The van der Waals surface area contributed by atoms with Gasteiger partial charge in [0.2, 0.25) is 0 Å². The Balaban J connectivity index is 2.03. The summed E-state index contributed by atoms with van der Waals surface area (Å²) in [6.45, 7) is 2.21. The summed E-state index contributed by atoms with van der Waals surface area (Å²) in [5.41, 5.74) is 3.39. The summed E-state index contributed by atoms with van der Waals surface area (Å²) in [5.74, 6) is 2.13. The van der Waals surface area contributed by atoms with E-state index in [1.807, 2.05) is 12.1 Å². The average Bonchev–Trinajstić information content (AvgIpc) is 3.12. The van der Waals surface area contributed by atoms with Crippen molar-refractivity contribution >= 4 is 34.0 Å². The second kappa shape index (κ2) is 6.08. The predicted octanol–water partition coefficient (Wildman–Crippen LogP) is 4.65. The lowest BCUT2D eigenvalue weighted by molar-refractivity contribution is 0.415. The number of hydrogen-bond acceptors (Lipinski definition) is 3. The van der Waals surface area contributed by atoms with Crippen LogP contribution in [0.2, 0.25) is 0 Å². The van der Waals surface area contributed by atoms with Gasteiger partial charge in [0.15, 0.2) is 0 Å². The molecule has 1 atom stereocenters. The highest BCUT2D eigenvalue weighted by Crippen LogP contribution is 2.27. The fourth-order valence-corrected chi connectivity index (χ4v) is 3.55. The Morgan fingerprint density at radius 1 is 1.38 bits per heavy atom. The third-order valence-corrected chi connectivity index (χ3v) is 4.61. The number of nitrogens with zero attached hydrogens (tertiary/aromatic N) is 2. The first kappa shape index (κ1) is 14.4. The summed E-state index contributed by atoms with van der Waals surface area (Å²) in [5, 5.41) is 4.31. The van der Waals surface area contributed by atoms with Crippen molar-refractivity contribution in [2.45, 2.75) is 25.3 Å². The van der Waals surface area contributed by atoms with E-state index in [9.17, 15) is 0 Å². The van der Waals surface area contributed by atoms with E-state index in [4.69, 9.17) is 16.3 Å². The molecule has 3 aromatic rings. The molecule has 0 aliphatic heterocycles. The van der Waals surface area contributed by atoms with E-state index in [1.54, 1.807) is 18.4 Å². The Hall–Kier alpha value is -1.52. The lowest BCUT2D eigenvalue weighted by atomic mass is 10.1. The lowest BCUT2D eigenvalue weighted by Gasteiger charge is -2.16. The summed E-state index contributed by atoms with van der Waals surface area (Å²) in [7, 11) is 1.67. The van der Waals surface area contributed by atoms with Crippen LogP contribution < -0.4 is 4.74 Å². The van der Waals surface area contributed by atoms with Gasteiger partial charge in [0, 0.05) is 12.1 Å². The highest BCUT2D eigenvalue weighted by atomic mass is 35.5. The maximum Gasteiger partial charge on any atom is 0.125 e. The number of aromatic nitrogens is 2. The summed E-state index contributed by atoms with van der Waals surface area (Å²) < 4.78 is 7.51. The van der Waals surface area contributed by atoms with Crippen molar-refractivity contribution in [2.75, 3.05) is 7.11 Å². The molecule has 5 heteroatoms. The summed E-state index contributed by atoms with van der Waals surface area (Å²) in [6, 6.07) is 8.46. The van der Waals surface area contributed by atoms with Gasteiger partial charge in [-0.3, -0.25) is 0 Å². The molecule has 0 bridgehead atoms. The molecule has 2 aromatic heterocycles. The Bertz CT molecular complexity index is 736. The third kappa shape index (κ3) is 2.78. The summed E-state index contributed by atoms with van der Waals surface area (Å²) in [6.07, 6.45) is 0.977. The molecule has 0 radical (unpaired) electrons. The first-order chi connectivity index (χ1) is 10.2. The molecular weight excluding hydrogens is 304 g/mol. The number of rotatable bonds is 5. The molecule has 3 rings (SSSR count). The number of benzene rings is 1. The minimum absolute atomic E-state index is 0.312. The van der Waals surface area contributed by atoms with E-state index in [2.05, 4.69) is 39.4 Å². The monoisotopic (exact) mass is 320 g/mol. The SMILES string of the molecule is COc1ccc2c(c1)nc(CCl)n2C(C)Cc1ccsc1. The van der Waals surface area contributed by atoms with Crippen LogP contribution in [0.5, 0.6) is 5.75 Å². The molecular formula is C16H17ClN2OS. The smallest absolute Gasteiger partial charge is 0.125 e. The first-order valence-electron chi connectivity index (χ1n) is 6.85. The van der Waals surface area contributed by atoms with Crippen molar-refractivity contribution in [1.82, 2.24) is 9.55 Å². The Morgan fingerprint density at radius 3 is 2.90 bits per heavy atom. The summed E-state index contributed by atoms with van der Waals surface area (Å²) in [4.78, 5) is 4.64. The number of ether oxygens (including phenoxy) is 1. The predicted molar refractivity (Wildman–Crippen MR) is 88.6 cm³/mol. The molecule has 2 heterocycles. The topological polar surface area (TPSA) is 27.1 Å². The van der Waals surface area contributed by atoms with Crippen LogP contribution in [0.4, 0.5) is 0 Å². The normalized spacial score (nSPS) is 12.7. The fraction of sp³-hybridized carbons (Fsp3) is 0.312. The minimum atomic E-state index is 0.312. The van der Waals surface area contributed by atoms with Crippen LogP contribution in [0.3, 0.4) is 0 Å². The van der Waals surface area contributed by atoms with Crippen molar-refractivity contribution in [1.29, 1.82) is 0 Å². The van der Waals surface area contributed by atoms with Crippen LogP contribution >= 0.6 is 22.9 Å². The molecule has 21 heavy (non-hydrogen) atoms. The van der Waals surface area contributed by atoms with E-state index < -0.39 is 0 Å². The molecule has 0 aliphatic carbocycles. The quantitative estimate of drug-likeness (QED) is 0.640. The molecule has 0 spiro atoms. The third-order valence-electron chi connectivity index (χ3n) is 3.64. The second-order valence-corrected chi connectivity index (χ2v) is 6.12. The van der Waals surface area contributed by atoms with Gasteiger partial charge in [0.1, 0.15) is 11.6 Å². The zero-order valence-electron chi connectivity index (χ0n) is 12.0. The second-order valence-electron chi connectivity index (χ2n) is 5.07. The Labute approximate surface area is 133 Å². The minimum Gasteiger partial charge on any atom is -0.497 e. The Kier molecular flexibility index (Phi) is 4.17. The first-order valence-corrected chi connectivity index (χ1v) is 8.32. The molecule has 110 valence electrons. The number of fused-ring (bicyclic) bond motifs is 1. The number of thiophene rings is 1. The van der Waals surface area contributed by atoms with Crippen LogP contribution in [-0.4, -0.2) is 16.7 Å². The van der Waals surface area contributed by atoms with Gasteiger partial charge < -0.3 is 9.30 Å². The van der Waals surface area contributed by atoms with Crippen LogP contribution in [0.15, 0.2) is 35.0 Å². The van der Waals surface area contributed by atoms with Gasteiger partial charge in [-0.2, -0.15) is 11.3 Å². The lowest BCUT2D eigenvalue weighted by Crippen LogP contribution is -2.10. The van der Waals surface area contributed by atoms with Crippen LogP contribution in [-0.2, 0) is 12.3 Å². The molecule has 1 unspecified atom stereocenters. The fourth-order valence-electron chi connectivity index (χ4n) is 2.68. The molecule has 0 saturated heterocycles. The van der Waals surface area contributed by atoms with Gasteiger partial charge in [-0.25, -0.2) is 4.98 Å². The van der Waals surface area contributed by atoms with E-state index >= 15 is 0 Å². The van der Waals surface area contributed by atoms with Crippen molar-refractivity contribution in [3.05, 3.63) is 46.4 Å². The molecule has 0 fully saturated rings. The van der Waals surface area contributed by atoms with Crippen LogP contribution in [0.1, 0.15) is 24.4 Å². The standard InChI is InChI=1S/C16H17ClN2OS/c1-11(7-12-5-6-21-10-12)19-15-4-3-13(20-2)8-14(15)18-16(19)9-17/h3-6,8,10-11H,7,9H2,1-2H3. The molecule has 0 saturated carbocycles. The van der Waals surface area contributed by atoms with Gasteiger partial charge >= 0.3 is 0 Å². The van der Waals surface area contributed by atoms with Crippen molar-refractivity contribution in [3.8, 4) is 5.75 Å². The van der Waals surface area contributed by atoms with Gasteiger partial charge in [-0.05, 0) is 47.9 Å². The highest BCUT2D eigenvalue weighted by Gasteiger charge is 2.16. The van der Waals surface area contributed by atoms with E-state index in [0.29, 0.717) is 11.9 Å². The maximum atomic E-state index is 6.09. The summed E-state index contributed by atoms with van der Waals surface area (Å²) >= 11 is 7.82. The number of hydrogen-bond donors (Lipinski definition) is 0. The number of methoxy groups -OCH3 is 1. The van der Waals surface area contributed by atoms with Crippen molar-refractivity contribution in [3.63, 3.8) is 0 Å². The van der Waals surface area contributed by atoms with Crippen LogP contribution in [0.25, 0.3) is 11.0 Å². The largest absolute Gasteiger partial charge is 0.497 e. The molecule has 0 amide bonds. The number of halogens is 1. The zero-order valence-corrected chi connectivity index (χ0v) is 13.6. The Morgan fingerprint density at radius 2 is 2.24 bits per heavy atom. The van der Waals surface area contributed by atoms with Gasteiger partial charge in [-0.1, -0.05) is 0 Å². The van der Waals surface area contributed by atoms with Crippen LogP contribution in [0, 0.1) is 0 Å². The molecule has 0 aliphatic rings.